The van der Waals surface area contributed by atoms with E-state index in [9.17, 15) is 9.59 Å². The molecule has 0 saturated carbocycles. The molecule has 0 radical (unpaired) electrons. The molecule has 0 aromatic heterocycles. The molecule has 2 aromatic carbocycles. The molecule has 1 aliphatic heterocycles. The first-order valence-corrected chi connectivity index (χ1v) is 10.4. The van der Waals surface area contributed by atoms with Crippen molar-refractivity contribution < 1.29 is 24.3 Å². The molecule has 8 heteroatoms. The summed E-state index contributed by atoms with van der Waals surface area (Å²) in [6.45, 7) is 2.45. The Bertz CT molecular complexity index is 849. The van der Waals surface area contributed by atoms with E-state index in [0.29, 0.717) is 50.6 Å². The average molecular weight is 428 g/mol. The summed E-state index contributed by atoms with van der Waals surface area (Å²) >= 11 is 0. The number of nitrogens with zero attached hydrogens (tertiary/aromatic N) is 1. The smallest absolute Gasteiger partial charge is 0.243 e. The molecule has 0 unspecified atom stereocenters. The second-order valence-electron chi connectivity index (χ2n) is 7.41. The number of hydrogen-bond acceptors (Lipinski definition) is 6. The standard InChI is InChI=1S/C23H29N3O5/c1-24-21(23(28)26-12-14-30-15-13-26)16-18-4-9-20(10-5-18)31-19-7-2-17(3-8-19)6-11-22(27)25-29/h2-5,7-10,21,24,29H,6,11-16H2,1H3,(H,25,27)/t21-/m0/s1. The molecular weight excluding hydrogens is 398 g/mol. The van der Waals surface area contributed by atoms with Gasteiger partial charge < -0.3 is 19.7 Å². The van der Waals surface area contributed by atoms with E-state index in [1.807, 2.05) is 53.4 Å². The highest BCUT2D eigenvalue weighted by molar-refractivity contribution is 5.82. The third-order valence-electron chi connectivity index (χ3n) is 5.26. The van der Waals surface area contributed by atoms with E-state index in [-0.39, 0.29) is 18.4 Å². The number of hydrogen-bond donors (Lipinski definition) is 3. The van der Waals surface area contributed by atoms with Gasteiger partial charge in [-0.1, -0.05) is 24.3 Å². The Hall–Kier alpha value is -2.94. The van der Waals surface area contributed by atoms with Crippen molar-refractivity contribution in [3.8, 4) is 11.5 Å². The maximum atomic E-state index is 12.7. The fourth-order valence-corrected chi connectivity index (χ4v) is 3.42. The van der Waals surface area contributed by atoms with Crippen LogP contribution in [0, 0.1) is 0 Å². The number of carbonyl (C=O) groups is 2. The van der Waals surface area contributed by atoms with Gasteiger partial charge in [0.2, 0.25) is 11.8 Å². The first kappa shape index (κ1) is 22.7. The average Bonchev–Trinajstić information content (AvgIpc) is 2.83. The van der Waals surface area contributed by atoms with Crippen molar-refractivity contribution in [3.05, 3.63) is 59.7 Å². The molecule has 2 amide bonds. The molecule has 0 aliphatic carbocycles. The highest BCUT2D eigenvalue weighted by atomic mass is 16.5. The van der Waals surface area contributed by atoms with E-state index in [1.165, 1.54) is 0 Å². The number of rotatable bonds is 9. The van der Waals surface area contributed by atoms with E-state index in [1.54, 1.807) is 12.5 Å². The summed E-state index contributed by atoms with van der Waals surface area (Å²) in [6.07, 6.45) is 1.36. The van der Waals surface area contributed by atoms with Crippen LogP contribution in [0.3, 0.4) is 0 Å². The van der Waals surface area contributed by atoms with Crippen LogP contribution in [-0.2, 0) is 27.2 Å². The van der Waals surface area contributed by atoms with Crippen molar-refractivity contribution in [2.45, 2.75) is 25.3 Å². The number of ether oxygens (including phenoxy) is 2. The number of nitrogens with one attached hydrogen (secondary N) is 2. The maximum Gasteiger partial charge on any atom is 0.243 e. The van der Waals surface area contributed by atoms with Crippen LogP contribution in [0.1, 0.15) is 17.5 Å². The second kappa shape index (κ2) is 11.5. The largest absolute Gasteiger partial charge is 0.457 e. The van der Waals surface area contributed by atoms with Gasteiger partial charge in [-0.25, -0.2) is 5.48 Å². The molecule has 0 bridgehead atoms. The highest BCUT2D eigenvalue weighted by Gasteiger charge is 2.24. The van der Waals surface area contributed by atoms with Crippen LogP contribution in [0.15, 0.2) is 48.5 Å². The van der Waals surface area contributed by atoms with Gasteiger partial charge in [-0.05, 0) is 55.3 Å². The lowest BCUT2D eigenvalue weighted by atomic mass is 10.0. The number of morpholine rings is 1. The van der Waals surface area contributed by atoms with Crippen LogP contribution in [0.25, 0.3) is 0 Å². The lowest BCUT2D eigenvalue weighted by Gasteiger charge is -2.30. The van der Waals surface area contributed by atoms with Gasteiger partial charge in [0.05, 0.1) is 19.3 Å². The number of aryl methyl sites for hydroxylation is 1. The molecule has 3 rings (SSSR count). The van der Waals surface area contributed by atoms with Gasteiger partial charge in [0, 0.05) is 19.5 Å². The van der Waals surface area contributed by atoms with Crippen molar-refractivity contribution >= 4 is 11.8 Å². The van der Waals surface area contributed by atoms with Crippen LogP contribution in [0.2, 0.25) is 0 Å². The SMILES string of the molecule is CN[C@@H](Cc1ccc(Oc2ccc(CCC(=O)NO)cc2)cc1)C(=O)N1CCOCC1. The molecular formula is C23H29N3O5. The molecule has 1 heterocycles. The van der Waals surface area contributed by atoms with Crippen LogP contribution < -0.4 is 15.5 Å². The number of amides is 2. The van der Waals surface area contributed by atoms with Gasteiger partial charge >= 0.3 is 0 Å². The van der Waals surface area contributed by atoms with Crippen molar-refractivity contribution in [1.29, 1.82) is 0 Å². The summed E-state index contributed by atoms with van der Waals surface area (Å²) in [5.41, 5.74) is 3.66. The van der Waals surface area contributed by atoms with Crippen LogP contribution in [-0.4, -0.2) is 61.3 Å². The number of hydroxylamine groups is 1. The third kappa shape index (κ3) is 6.78. The van der Waals surface area contributed by atoms with E-state index in [2.05, 4.69) is 5.32 Å². The Morgan fingerprint density at radius 1 is 1.03 bits per heavy atom. The van der Waals surface area contributed by atoms with Gasteiger partial charge in [-0.15, -0.1) is 0 Å². The molecule has 2 aromatic rings. The van der Waals surface area contributed by atoms with Gasteiger partial charge in [0.15, 0.2) is 0 Å². The zero-order valence-corrected chi connectivity index (χ0v) is 17.7. The predicted molar refractivity (Wildman–Crippen MR) is 115 cm³/mol. The van der Waals surface area contributed by atoms with Gasteiger partial charge in [0.25, 0.3) is 0 Å². The lowest BCUT2D eigenvalue weighted by molar-refractivity contribution is -0.137. The molecule has 1 fully saturated rings. The first-order valence-electron chi connectivity index (χ1n) is 10.4. The fraction of sp³-hybridized carbons (Fsp3) is 0.391. The third-order valence-corrected chi connectivity index (χ3v) is 5.26. The van der Waals surface area contributed by atoms with E-state index < -0.39 is 5.91 Å². The zero-order valence-electron chi connectivity index (χ0n) is 17.7. The van der Waals surface area contributed by atoms with Crippen LogP contribution in [0.4, 0.5) is 0 Å². The molecule has 31 heavy (non-hydrogen) atoms. The van der Waals surface area contributed by atoms with E-state index in [0.717, 1.165) is 11.1 Å². The summed E-state index contributed by atoms with van der Waals surface area (Å²) in [7, 11) is 1.81. The fourth-order valence-electron chi connectivity index (χ4n) is 3.42. The molecule has 0 spiro atoms. The molecule has 8 nitrogen and oxygen atoms in total. The van der Waals surface area contributed by atoms with Crippen molar-refractivity contribution in [1.82, 2.24) is 15.7 Å². The summed E-state index contributed by atoms with van der Waals surface area (Å²) < 4.78 is 11.2. The van der Waals surface area contributed by atoms with Crippen molar-refractivity contribution in [2.24, 2.45) is 0 Å². The molecule has 166 valence electrons. The summed E-state index contributed by atoms with van der Waals surface area (Å²) in [5.74, 6) is 1.09. The van der Waals surface area contributed by atoms with Crippen molar-refractivity contribution in [2.75, 3.05) is 33.4 Å². The molecule has 3 N–H and O–H groups in total. The second-order valence-corrected chi connectivity index (χ2v) is 7.41. The van der Waals surface area contributed by atoms with E-state index >= 15 is 0 Å². The normalized spacial score (nSPS) is 14.7. The number of benzene rings is 2. The summed E-state index contributed by atoms with van der Waals surface area (Å²) in [6, 6.07) is 14.9. The topological polar surface area (TPSA) is 100 Å². The zero-order chi connectivity index (χ0) is 22.1. The summed E-state index contributed by atoms with van der Waals surface area (Å²) in [5, 5.41) is 11.7. The Morgan fingerprint density at radius 3 is 2.16 bits per heavy atom. The number of carbonyl (C=O) groups excluding carboxylic acids is 2. The minimum Gasteiger partial charge on any atom is -0.457 e. The lowest BCUT2D eigenvalue weighted by Crippen LogP contribution is -2.50. The summed E-state index contributed by atoms with van der Waals surface area (Å²) in [4.78, 5) is 25.7. The van der Waals surface area contributed by atoms with Crippen LogP contribution in [0.5, 0.6) is 11.5 Å². The highest BCUT2D eigenvalue weighted by Crippen LogP contribution is 2.23. The van der Waals surface area contributed by atoms with Gasteiger partial charge in [-0.3, -0.25) is 14.8 Å². The number of likely N-dealkylation sites (N-methyl/N-ethyl adjacent to an activating group) is 1. The van der Waals surface area contributed by atoms with E-state index in [4.69, 9.17) is 14.7 Å². The monoisotopic (exact) mass is 427 g/mol. The Morgan fingerprint density at radius 2 is 1.61 bits per heavy atom. The molecule has 1 aliphatic rings. The first-order chi connectivity index (χ1) is 15.1. The minimum absolute atomic E-state index is 0.0997. The Labute approximate surface area is 182 Å². The molecule has 1 saturated heterocycles. The quantitative estimate of drug-likeness (QED) is 0.418. The predicted octanol–water partition coefficient (Wildman–Crippen LogP) is 1.91. The van der Waals surface area contributed by atoms with Crippen molar-refractivity contribution in [3.63, 3.8) is 0 Å². The molecule has 1 atom stereocenters. The minimum atomic E-state index is -0.410. The Kier molecular flexibility index (Phi) is 8.40. The maximum absolute atomic E-state index is 12.7. The van der Waals surface area contributed by atoms with Gasteiger partial charge in [0.1, 0.15) is 11.5 Å². The van der Waals surface area contributed by atoms with Gasteiger partial charge in [-0.2, -0.15) is 0 Å². The Balaban J connectivity index is 1.53. The van der Waals surface area contributed by atoms with Crippen LogP contribution >= 0.6 is 0 Å².